The number of carbonyl (C=O) groups is 2. The molecule has 2 saturated carbocycles. The van der Waals surface area contributed by atoms with Crippen molar-refractivity contribution in [3.63, 3.8) is 0 Å². The first-order chi connectivity index (χ1) is 11.7. The molecule has 128 valence electrons. The van der Waals surface area contributed by atoms with Gasteiger partial charge >= 0.3 is 0 Å². The Morgan fingerprint density at radius 1 is 1.04 bits per heavy atom. The number of nitrogens with one attached hydrogen (secondary N) is 2. The van der Waals surface area contributed by atoms with Crippen molar-refractivity contribution in [3.05, 3.63) is 29.8 Å². The van der Waals surface area contributed by atoms with Gasteiger partial charge in [0.2, 0.25) is 5.91 Å². The van der Waals surface area contributed by atoms with Crippen LogP contribution < -0.4 is 15.8 Å². The molecule has 5 heteroatoms. The monoisotopic (exact) mass is 327 g/mol. The van der Waals surface area contributed by atoms with Crippen molar-refractivity contribution in [2.75, 3.05) is 11.4 Å². The number of carbonyl (C=O) groups excluding carboxylic acids is 2. The predicted molar refractivity (Wildman–Crippen MR) is 92.2 cm³/mol. The molecule has 1 aromatic carbocycles. The molecule has 1 aliphatic heterocycles. The summed E-state index contributed by atoms with van der Waals surface area (Å²) in [6.07, 6.45) is 7.92. The molecule has 2 atom stereocenters. The summed E-state index contributed by atoms with van der Waals surface area (Å²) in [7, 11) is 0. The molecular weight excluding hydrogens is 302 g/mol. The van der Waals surface area contributed by atoms with Crippen LogP contribution in [-0.4, -0.2) is 24.4 Å². The van der Waals surface area contributed by atoms with E-state index in [4.69, 9.17) is 0 Å². The molecule has 4 rings (SSSR count). The standard InChI is InChI=1S/C19H25N3O2/c23-18(20-21-19(24)13-9-10-13)12-22-16-7-3-1-5-14(16)11-15-6-2-4-8-17(15)22/h1,3,5,7,13,15,17H,2,4,6,8-12H2,(H,20,23)(H,21,24). The molecule has 0 bridgehead atoms. The van der Waals surface area contributed by atoms with Crippen molar-refractivity contribution >= 4 is 17.5 Å². The molecule has 2 amide bonds. The minimum atomic E-state index is -0.134. The van der Waals surface area contributed by atoms with E-state index < -0.39 is 0 Å². The van der Waals surface area contributed by atoms with Crippen LogP contribution in [0.2, 0.25) is 0 Å². The van der Waals surface area contributed by atoms with Crippen molar-refractivity contribution in [2.24, 2.45) is 11.8 Å². The second-order valence-corrected chi connectivity index (χ2v) is 7.38. The summed E-state index contributed by atoms with van der Waals surface area (Å²) in [5, 5.41) is 0. The highest BCUT2D eigenvalue weighted by Gasteiger charge is 2.36. The van der Waals surface area contributed by atoms with Gasteiger partial charge in [0.1, 0.15) is 0 Å². The molecule has 2 N–H and O–H groups in total. The zero-order chi connectivity index (χ0) is 16.5. The molecule has 0 radical (unpaired) electrons. The molecule has 0 aromatic heterocycles. The highest BCUT2D eigenvalue weighted by molar-refractivity contribution is 5.87. The van der Waals surface area contributed by atoms with Crippen LogP contribution in [0.5, 0.6) is 0 Å². The zero-order valence-electron chi connectivity index (χ0n) is 14.0. The Balaban J connectivity index is 1.46. The summed E-state index contributed by atoms with van der Waals surface area (Å²) >= 11 is 0. The molecule has 1 heterocycles. The van der Waals surface area contributed by atoms with Crippen LogP contribution in [0, 0.1) is 11.8 Å². The topological polar surface area (TPSA) is 61.4 Å². The van der Waals surface area contributed by atoms with E-state index in [9.17, 15) is 9.59 Å². The lowest BCUT2D eigenvalue weighted by molar-refractivity contribution is -0.129. The number of hydrogen-bond donors (Lipinski definition) is 2. The van der Waals surface area contributed by atoms with Crippen LogP contribution in [-0.2, 0) is 16.0 Å². The fourth-order valence-corrected chi connectivity index (χ4v) is 4.24. The number of fused-ring (bicyclic) bond motifs is 2. The van der Waals surface area contributed by atoms with Crippen molar-refractivity contribution < 1.29 is 9.59 Å². The predicted octanol–water partition coefficient (Wildman–Crippen LogP) is 2.17. The maximum absolute atomic E-state index is 12.4. The van der Waals surface area contributed by atoms with Gasteiger partial charge in [0.05, 0.1) is 6.54 Å². The lowest BCUT2D eigenvalue weighted by Gasteiger charge is -2.46. The third kappa shape index (κ3) is 3.12. The van der Waals surface area contributed by atoms with E-state index in [1.54, 1.807) is 0 Å². The lowest BCUT2D eigenvalue weighted by Crippen LogP contribution is -2.53. The Bertz CT molecular complexity index is 641. The number of rotatable bonds is 3. The van der Waals surface area contributed by atoms with Gasteiger partial charge in [-0.1, -0.05) is 31.0 Å². The third-order valence-electron chi connectivity index (χ3n) is 5.64. The van der Waals surface area contributed by atoms with E-state index in [0.29, 0.717) is 18.5 Å². The fourth-order valence-electron chi connectivity index (χ4n) is 4.24. The summed E-state index contributed by atoms with van der Waals surface area (Å²) in [6.45, 7) is 0.309. The number of hydrazine groups is 1. The molecule has 5 nitrogen and oxygen atoms in total. The van der Waals surface area contributed by atoms with Crippen LogP contribution in [0.15, 0.2) is 24.3 Å². The number of nitrogens with zero attached hydrogens (tertiary/aromatic N) is 1. The maximum atomic E-state index is 12.4. The zero-order valence-corrected chi connectivity index (χ0v) is 14.0. The van der Waals surface area contributed by atoms with Crippen LogP contribution in [0.3, 0.4) is 0 Å². The Kier molecular flexibility index (Phi) is 4.17. The molecule has 0 spiro atoms. The Labute approximate surface area is 142 Å². The first kappa shape index (κ1) is 15.5. The van der Waals surface area contributed by atoms with Crippen molar-refractivity contribution in [1.29, 1.82) is 0 Å². The van der Waals surface area contributed by atoms with Crippen LogP contribution in [0.25, 0.3) is 0 Å². The summed E-state index contributed by atoms with van der Waals surface area (Å²) in [5.41, 5.74) is 7.69. The summed E-state index contributed by atoms with van der Waals surface area (Å²) in [6, 6.07) is 8.87. The number of para-hydroxylation sites is 1. The van der Waals surface area contributed by atoms with Crippen molar-refractivity contribution in [2.45, 2.75) is 51.0 Å². The van der Waals surface area contributed by atoms with Crippen LogP contribution in [0.4, 0.5) is 5.69 Å². The molecule has 2 aliphatic carbocycles. The number of benzene rings is 1. The van der Waals surface area contributed by atoms with Gasteiger partial charge < -0.3 is 4.90 Å². The van der Waals surface area contributed by atoms with Gasteiger partial charge in [-0.25, -0.2) is 0 Å². The second-order valence-electron chi connectivity index (χ2n) is 7.38. The minimum Gasteiger partial charge on any atom is -0.359 e. The van der Waals surface area contributed by atoms with Gasteiger partial charge in [-0.3, -0.25) is 20.4 Å². The lowest BCUT2D eigenvalue weighted by atomic mass is 9.76. The SMILES string of the molecule is O=C(CN1c2ccccc2CC2CCCCC21)NNC(=O)C1CC1. The normalized spacial score (nSPS) is 25.4. The Morgan fingerprint density at radius 3 is 2.67 bits per heavy atom. The van der Waals surface area contributed by atoms with Crippen molar-refractivity contribution in [1.82, 2.24) is 10.9 Å². The number of hydrogen-bond acceptors (Lipinski definition) is 3. The van der Waals surface area contributed by atoms with Gasteiger partial charge in [-0.2, -0.15) is 0 Å². The smallest absolute Gasteiger partial charge is 0.257 e. The fraction of sp³-hybridized carbons (Fsp3) is 0.579. The molecular formula is C19H25N3O2. The van der Waals surface area contributed by atoms with Gasteiger partial charge in [0.25, 0.3) is 5.91 Å². The van der Waals surface area contributed by atoms with E-state index in [0.717, 1.165) is 25.7 Å². The Hall–Kier alpha value is -2.04. The summed E-state index contributed by atoms with van der Waals surface area (Å²) in [4.78, 5) is 26.3. The quantitative estimate of drug-likeness (QED) is 0.837. The molecule has 2 unspecified atom stereocenters. The Morgan fingerprint density at radius 2 is 1.83 bits per heavy atom. The van der Waals surface area contributed by atoms with E-state index >= 15 is 0 Å². The largest absolute Gasteiger partial charge is 0.359 e. The molecule has 2 fully saturated rings. The first-order valence-corrected chi connectivity index (χ1v) is 9.15. The van der Waals surface area contributed by atoms with Crippen molar-refractivity contribution in [3.8, 4) is 0 Å². The molecule has 24 heavy (non-hydrogen) atoms. The van der Waals surface area contributed by atoms with Gasteiger partial charge in [-0.15, -0.1) is 0 Å². The molecule has 3 aliphatic rings. The average Bonchev–Trinajstić information content (AvgIpc) is 3.44. The van der Waals surface area contributed by atoms with E-state index in [-0.39, 0.29) is 17.7 Å². The molecule has 0 saturated heterocycles. The number of anilines is 1. The van der Waals surface area contributed by atoms with Gasteiger partial charge in [0, 0.05) is 17.6 Å². The highest BCUT2D eigenvalue weighted by Crippen LogP contribution is 2.40. The van der Waals surface area contributed by atoms with E-state index in [2.05, 4.69) is 34.0 Å². The van der Waals surface area contributed by atoms with E-state index in [1.165, 1.54) is 30.5 Å². The minimum absolute atomic E-state index is 0.0575. The average molecular weight is 327 g/mol. The second kappa shape index (κ2) is 6.46. The van der Waals surface area contributed by atoms with Gasteiger partial charge in [0.15, 0.2) is 0 Å². The first-order valence-electron chi connectivity index (χ1n) is 9.15. The molecule has 1 aromatic rings. The number of amides is 2. The highest BCUT2D eigenvalue weighted by atomic mass is 16.2. The third-order valence-corrected chi connectivity index (χ3v) is 5.64. The van der Waals surface area contributed by atoms with Gasteiger partial charge in [-0.05, 0) is 49.7 Å². The van der Waals surface area contributed by atoms with Crippen LogP contribution in [0.1, 0.15) is 44.1 Å². The summed E-state index contributed by atoms with van der Waals surface area (Å²) in [5.74, 6) is 0.550. The van der Waals surface area contributed by atoms with E-state index in [1.807, 2.05) is 6.07 Å². The van der Waals surface area contributed by atoms with Crippen LogP contribution >= 0.6 is 0 Å². The summed E-state index contributed by atoms with van der Waals surface area (Å²) < 4.78 is 0. The maximum Gasteiger partial charge on any atom is 0.257 e.